The summed E-state index contributed by atoms with van der Waals surface area (Å²) in [6.45, 7) is 0. The number of aromatic nitrogens is 1. The third-order valence-electron chi connectivity index (χ3n) is 2.80. The molecule has 0 atom stereocenters. The molecule has 6 heteroatoms. The summed E-state index contributed by atoms with van der Waals surface area (Å²) >= 11 is 0. The summed E-state index contributed by atoms with van der Waals surface area (Å²) in [7, 11) is 4.00. The third kappa shape index (κ3) is 3.17. The molecule has 0 fully saturated rings. The molecular formula is C14H17N5O. The molecule has 0 aliphatic carbocycles. The Kier molecular flexibility index (Phi) is 4.05. The molecule has 0 spiro atoms. The van der Waals surface area contributed by atoms with Crippen LogP contribution in [0.3, 0.4) is 0 Å². The van der Waals surface area contributed by atoms with E-state index in [9.17, 15) is 4.79 Å². The summed E-state index contributed by atoms with van der Waals surface area (Å²) in [5.74, 6) is 0. The Balaban J connectivity index is 2.23. The molecule has 2 amide bonds. The van der Waals surface area contributed by atoms with Crippen LogP contribution in [0.2, 0.25) is 0 Å². The van der Waals surface area contributed by atoms with Crippen molar-refractivity contribution >= 4 is 17.9 Å². The summed E-state index contributed by atoms with van der Waals surface area (Å²) in [6.07, 6.45) is 3.47. The van der Waals surface area contributed by atoms with Gasteiger partial charge in [-0.05, 0) is 36.4 Å². The number of hydrazone groups is 1. The average molecular weight is 271 g/mol. The molecule has 0 bridgehead atoms. The van der Waals surface area contributed by atoms with Gasteiger partial charge in [0.1, 0.15) is 0 Å². The van der Waals surface area contributed by atoms with E-state index >= 15 is 0 Å². The fourth-order valence-electron chi connectivity index (χ4n) is 1.81. The van der Waals surface area contributed by atoms with E-state index in [-0.39, 0.29) is 0 Å². The molecule has 0 radical (unpaired) electrons. The smallest absolute Gasteiger partial charge is 0.332 e. The lowest BCUT2D eigenvalue weighted by Crippen LogP contribution is -2.24. The van der Waals surface area contributed by atoms with E-state index in [1.807, 2.05) is 66.2 Å². The molecule has 0 aliphatic rings. The molecule has 6 nitrogen and oxygen atoms in total. The Bertz CT molecular complexity index is 613. The Hall–Kier alpha value is -2.76. The monoisotopic (exact) mass is 271 g/mol. The van der Waals surface area contributed by atoms with Crippen LogP contribution in [0.25, 0.3) is 5.69 Å². The van der Waals surface area contributed by atoms with Crippen molar-refractivity contribution in [2.45, 2.75) is 0 Å². The van der Waals surface area contributed by atoms with Crippen LogP contribution in [0.5, 0.6) is 0 Å². The summed E-state index contributed by atoms with van der Waals surface area (Å²) in [4.78, 5) is 12.6. The van der Waals surface area contributed by atoms with Gasteiger partial charge in [-0.1, -0.05) is 0 Å². The van der Waals surface area contributed by atoms with Crippen LogP contribution in [0.15, 0.2) is 47.7 Å². The number of amides is 2. The van der Waals surface area contributed by atoms with Gasteiger partial charge in [0.25, 0.3) is 0 Å². The number of rotatable bonds is 4. The largest absolute Gasteiger partial charge is 0.378 e. The Morgan fingerprint density at radius 2 is 2.00 bits per heavy atom. The lowest BCUT2D eigenvalue weighted by atomic mass is 10.2. The highest BCUT2D eigenvalue weighted by atomic mass is 16.2. The molecule has 1 aromatic heterocycles. The number of carbonyl (C=O) groups is 1. The lowest BCUT2D eigenvalue weighted by molar-refractivity contribution is 0.249. The van der Waals surface area contributed by atoms with Crippen LogP contribution in [-0.4, -0.2) is 30.9 Å². The van der Waals surface area contributed by atoms with Crippen LogP contribution in [0, 0.1) is 0 Å². The van der Waals surface area contributed by atoms with Crippen molar-refractivity contribution in [3.8, 4) is 5.69 Å². The minimum Gasteiger partial charge on any atom is -0.378 e. The van der Waals surface area contributed by atoms with Crippen molar-refractivity contribution in [3.05, 3.63) is 48.3 Å². The van der Waals surface area contributed by atoms with Crippen LogP contribution in [0.1, 0.15) is 5.69 Å². The number of carbonyl (C=O) groups excluding carboxylic acids is 1. The second-order valence-corrected chi connectivity index (χ2v) is 4.45. The van der Waals surface area contributed by atoms with Crippen molar-refractivity contribution in [1.82, 2.24) is 9.99 Å². The molecule has 2 aromatic rings. The molecule has 20 heavy (non-hydrogen) atoms. The predicted molar refractivity (Wildman–Crippen MR) is 80.4 cm³/mol. The zero-order valence-corrected chi connectivity index (χ0v) is 11.4. The van der Waals surface area contributed by atoms with Gasteiger partial charge in [0.2, 0.25) is 0 Å². The zero-order valence-electron chi connectivity index (χ0n) is 11.4. The molecule has 0 unspecified atom stereocenters. The van der Waals surface area contributed by atoms with Gasteiger partial charge in [-0.15, -0.1) is 0 Å². The highest BCUT2D eigenvalue weighted by Crippen LogP contribution is 2.16. The Morgan fingerprint density at radius 1 is 1.30 bits per heavy atom. The van der Waals surface area contributed by atoms with E-state index in [1.165, 1.54) is 0 Å². The molecule has 0 aliphatic heterocycles. The number of urea groups is 1. The molecule has 3 N–H and O–H groups in total. The topological polar surface area (TPSA) is 75.7 Å². The molecule has 2 rings (SSSR count). The fourth-order valence-corrected chi connectivity index (χ4v) is 1.81. The number of hydrogen-bond acceptors (Lipinski definition) is 3. The van der Waals surface area contributed by atoms with E-state index in [0.29, 0.717) is 0 Å². The van der Waals surface area contributed by atoms with Gasteiger partial charge in [-0.3, -0.25) is 0 Å². The van der Waals surface area contributed by atoms with E-state index in [4.69, 9.17) is 5.73 Å². The normalized spacial score (nSPS) is 10.7. The maximum atomic E-state index is 10.6. The van der Waals surface area contributed by atoms with E-state index in [2.05, 4.69) is 10.5 Å². The van der Waals surface area contributed by atoms with Crippen LogP contribution >= 0.6 is 0 Å². The number of anilines is 1. The summed E-state index contributed by atoms with van der Waals surface area (Å²) in [5, 5.41) is 3.77. The molecule has 0 saturated heterocycles. The van der Waals surface area contributed by atoms with Crippen LogP contribution in [0.4, 0.5) is 10.5 Å². The van der Waals surface area contributed by atoms with Gasteiger partial charge >= 0.3 is 6.03 Å². The summed E-state index contributed by atoms with van der Waals surface area (Å²) in [6, 6.07) is 11.2. The summed E-state index contributed by atoms with van der Waals surface area (Å²) < 4.78 is 1.96. The van der Waals surface area contributed by atoms with Gasteiger partial charge in [-0.25, -0.2) is 10.2 Å². The molecule has 1 heterocycles. The van der Waals surface area contributed by atoms with Gasteiger partial charge in [0, 0.05) is 31.7 Å². The first-order valence-corrected chi connectivity index (χ1v) is 6.11. The first-order valence-electron chi connectivity index (χ1n) is 6.11. The first kappa shape index (κ1) is 13.7. The first-order chi connectivity index (χ1) is 9.58. The summed E-state index contributed by atoms with van der Waals surface area (Å²) in [5.41, 5.74) is 10.1. The van der Waals surface area contributed by atoms with Crippen molar-refractivity contribution in [3.63, 3.8) is 0 Å². The second-order valence-electron chi connectivity index (χ2n) is 4.45. The lowest BCUT2D eigenvalue weighted by Gasteiger charge is -2.13. The number of hydrogen-bond donors (Lipinski definition) is 2. The molecule has 104 valence electrons. The minimum absolute atomic E-state index is 0.685. The number of nitrogens with two attached hydrogens (primary N) is 1. The van der Waals surface area contributed by atoms with Crippen molar-refractivity contribution in [2.24, 2.45) is 10.8 Å². The average Bonchev–Trinajstić information content (AvgIpc) is 2.87. The highest BCUT2D eigenvalue weighted by Gasteiger charge is 2.02. The van der Waals surface area contributed by atoms with Gasteiger partial charge in [0.05, 0.1) is 11.9 Å². The van der Waals surface area contributed by atoms with Crippen molar-refractivity contribution in [1.29, 1.82) is 0 Å². The third-order valence-corrected chi connectivity index (χ3v) is 2.80. The van der Waals surface area contributed by atoms with E-state index < -0.39 is 6.03 Å². The molecule has 1 aromatic carbocycles. The maximum Gasteiger partial charge on any atom is 0.332 e. The SMILES string of the molecule is CN(C)c1ccc(-n2cccc2/C=N\NC(N)=O)cc1. The number of nitrogens with one attached hydrogen (secondary N) is 1. The maximum absolute atomic E-state index is 10.6. The van der Waals surface area contributed by atoms with Gasteiger partial charge in [0.15, 0.2) is 0 Å². The van der Waals surface area contributed by atoms with Crippen molar-refractivity contribution in [2.75, 3.05) is 19.0 Å². The number of benzene rings is 1. The number of primary amides is 1. The quantitative estimate of drug-likeness (QED) is 0.654. The van der Waals surface area contributed by atoms with Crippen LogP contribution in [-0.2, 0) is 0 Å². The van der Waals surface area contributed by atoms with Gasteiger partial charge < -0.3 is 15.2 Å². The molecular weight excluding hydrogens is 254 g/mol. The predicted octanol–water partition coefficient (Wildman–Crippen LogP) is 1.55. The number of nitrogens with zero attached hydrogens (tertiary/aromatic N) is 3. The second kappa shape index (κ2) is 5.92. The van der Waals surface area contributed by atoms with E-state index in [1.54, 1.807) is 6.21 Å². The highest BCUT2D eigenvalue weighted by molar-refractivity contribution is 5.80. The molecule has 0 saturated carbocycles. The minimum atomic E-state index is -0.685. The Labute approximate surface area is 117 Å². The Morgan fingerprint density at radius 3 is 2.60 bits per heavy atom. The van der Waals surface area contributed by atoms with E-state index in [0.717, 1.165) is 17.1 Å². The van der Waals surface area contributed by atoms with Crippen LogP contribution < -0.4 is 16.1 Å². The van der Waals surface area contributed by atoms with Gasteiger partial charge in [-0.2, -0.15) is 5.10 Å². The standard InChI is InChI=1S/C14H17N5O/c1-18(2)11-5-7-12(8-6-11)19-9-3-4-13(19)10-16-17-14(15)20/h3-10H,1-2H3,(H3,15,17,20)/b16-10-. The van der Waals surface area contributed by atoms with Crippen molar-refractivity contribution < 1.29 is 4.79 Å². The fraction of sp³-hybridized carbons (Fsp3) is 0.143. The zero-order chi connectivity index (χ0) is 14.5.